The lowest BCUT2D eigenvalue weighted by atomic mass is 9.91. The lowest BCUT2D eigenvalue weighted by molar-refractivity contribution is -0.149. The molecule has 9 rings (SSSR count). The fourth-order valence-electron chi connectivity index (χ4n) is 7.30. The molecule has 8 fully saturated rings. The van der Waals surface area contributed by atoms with E-state index in [2.05, 4.69) is 52.2 Å². The van der Waals surface area contributed by atoms with Crippen molar-refractivity contribution < 1.29 is 4.57 Å². The highest BCUT2D eigenvalue weighted by molar-refractivity contribution is 7.71. The van der Waals surface area contributed by atoms with E-state index in [0.29, 0.717) is 12.6 Å². The minimum absolute atomic E-state index is 0.0307. The number of hydrogen-bond acceptors (Lipinski definition) is 9. The third kappa shape index (κ3) is 3.50. The van der Waals surface area contributed by atoms with Gasteiger partial charge in [0.15, 0.2) is 0 Å². The molecular formula is C22H35N8OP. The standard InChI is InChI=1S/C22H35N8OP/c31-32(20-4-2-1-3-5-20,12-23-21-6-25-14-26(7-21)16-27(8-21)15-25)13-24-22-9-28-17-29(10-22)19-30(11-22)18-28/h1-5,23-24H,6-19H2. The topological polar surface area (TPSA) is 60.6 Å². The quantitative estimate of drug-likeness (QED) is 0.495. The van der Waals surface area contributed by atoms with Crippen molar-refractivity contribution >= 4 is 12.4 Å². The number of hydrogen-bond donors (Lipinski definition) is 2. The zero-order valence-electron chi connectivity index (χ0n) is 18.8. The Hall–Kier alpha value is -0.870. The third-order valence-corrected chi connectivity index (χ3v) is 10.8. The molecule has 8 aliphatic heterocycles. The summed E-state index contributed by atoms with van der Waals surface area (Å²) >= 11 is 0. The van der Waals surface area contributed by atoms with Gasteiger partial charge < -0.3 is 15.2 Å². The summed E-state index contributed by atoms with van der Waals surface area (Å²) in [6, 6.07) is 10.2. The van der Waals surface area contributed by atoms with Gasteiger partial charge in [-0.1, -0.05) is 30.3 Å². The van der Waals surface area contributed by atoms with Crippen LogP contribution in [0.4, 0.5) is 0 Å². The zero-order valence-corrected chi connectivity index (χ0v) is 19.7. The van der Waals surface area contributed by atoms with Crippen LogP contribution in [0.1, 0.15) is 0 Å². The average Bonchev–Trinajstić information content (AvgIpc) is 2.75. The van der Waals surface area contributed by atoms with Crippen LogP contribution < -0.4 is 15.9 Å². The van der Waals surface area contributed by atoms with Gasteiger partial charge in [-0.05, 0) is 0 Å². The Bertz CT molecular complexity index is 803. The first-order chi connectivity index (χ1) is 15.5. The largest absolute Gasteiger partial charge is 0.316 e. The fraction of sp³-hybridized carbons (Fsp3) is 0.727. The average molecular weight is 459 g/mol. The van der Waals surface area contributed by atoms with Gasteiger partial charge in [0.2, 0.25) is 0 Å². The van der Waals surface area contributed by atoms with Gasteiger partial charge in [-0.15, -0.1) is 0 Å². The molecule has 0 amide bonds. The van der Waals surface area contributed by atoms with Gasteiger partial charge in [0, 0.05) is 44.6 Å². The Morgan fingerprint density at radius 1 is 0.625 bits per heavy atom. The van der Waals surface area contributed by atoms with Gasteiger partial charge in [0.1, 0.15) is 7.14 Å². The van der Waals surface area contributed by atoms with Gasteiger partial charge >= 0.3 is 0 Å². The first-order valence-corrected chi connectivity index (χ1v) is 14.0. The summed E-state index contributed by atoms with van der Waals surface area (Å²) < 4.78 is 14.6. The molecule has 0 spiro atoms. The third-order valence-electron chi connectivity index (χ3n) is 8.20. The lowest BCUT2D eigenvalue weighted by Gasteiger charge is -2.61. The van der Waals surface area contributed by atoms with Crippen LogP contribution in [-0.4, -0.2) is 132 Å². The second kappa shape index (κ2) is 7.31. The number of rotatable bonds is 7. The molecule has 8 saturated heterocycles. The molecule has 8 aliphatic rings. The van der Waals surface area contributed by atoms with Crippen LogP contribution in [-0.2, 0) is 4.57 Å². The van der Waals surface area contributed by atoms with Crippen LogP contribution in [0.3, 0.4) is 0 Å². The number of nitrogens with one attached hydrogen (secondary N) is 2. The van der Waals surface area contributed by atoms with Crippen molar-refractivity contribution in [1.82, 2.24) is 40.0 Å². The maximum Gasteiger partial charge on any atom is 0.141 e. The summed E-state index contributed by atoms with van der Waals surface area (Å²) in [5, 5.41) is 8.73. The highest BCUT2D eigenvalue weighted by Crippen LogP contribution is 2.44. The van der Waals surface area contributed by atoms with Crippen molar-refractivity contribution in [3.8, 4) is 0 Å². The van der Waals surface area contributed by atoms with Gasteiger partial charge in [0.25, 0.3) is 0 Å². The minimum atomic E-state index is -2.65. The van der Waals surface area contributed by atoms with E-state index in [0.717, 1.165) is 84.6 Å². The lowest BCUT2D eigenvalue weighted by Crippen LogP contribution is -2.80. The van der Waals surface area contributed by atoms with Crippen molar-refractivity contribution in [2.24, 2.45) is 0 Å². The minimum Gasteiger partial charge on any atom is -0.316 e. The van der Waals surface area contributed by atoms with Crippen molar-refractivity contribution in [1.29, 1.82) is 0 Å². The predicted molar refractivity (Wildman–Crippen MR) is 125 cm³/mol. The van der Waals surface area contributed by atoms with Crippen molar-refractivity contribution in [2.45, 2.75) is 11.1 Å². The van der Waals surface area contributed by atoms with Crippen molar-refractivity contribution in [2.75, 3.05) is 91.9 Å². The molecule has 8 heterocycles. The first kappa shape index (κ1) is 20.5. The van der Waals surface area contributed by atoms with Crippen LogP contribution in [0, 0.1) is 0 Å². The Balaban J connectivity index is 1.11. The highest BCUT2D eigenvalue weighted by Gasteiger charge is 2.51. The smallest absolute Gasteiger partial charge is 0.141 e. The molecule has 32 heavy (non-hydrogen) atoms. The molecule has 174 valence electrons. The molecule has 10 heteroatoms. The van der Waals surface area contributed by atoms with Crippen LogP contribution in [0.2, 0.25) is 0 Å². The maximum atomic E-state index is 14.6. The second-order valence-corrected chi connectivity index (χ2v) is 14.2. The first-order valence-electron chi connectivity index (χ1n) is 12.0. The summed E-state index contributed by atoms with van der Waals surface area (Å²) in [7, 11) is -2.65. The molecule has 0 atom stereocenters. The Labute approximate surface area is 190 Å². The predicted octanol–water partition coefficient (Wildman–Crippen LogP) is -1.11. The number of benzene rings is 1. The monoisotopic (exact) mass is 458 g/mol. The van der Waals surface area contributed by atoms with Gasteiger partial charge in [-0.3, -0.25) is 29.4 Å². The summed E-state index contributed by atoms with van der Waals surface area (Å²) in [6.45, 7) is 12.8. The molecule has 0 aromatic heterocycles. The molecule has 1 aromatic rings. The molecule has 0 saturated carbocycles. The van der Waals surface area contributed by atoms with E-state index in [-0.39, 0.29) is 11.1 Å². The molecule has 9 nitrogen and oxygen atoms in total. The van der Waals surface area contributed by atoms with Crippen LogP contribution >= 0.6 is 7.14 Å². The van der Waals surface area contributed by atoms with Gasteiger partial charge in [-0.2, -0.15) is 0 Å². The van der Waals surface area contributed by atoms with Crippen LogP contribution in [0.15, 0.2) is 30.3 Å². The normalized spacial score (nSPS) is 47.6. The number of nitrogens with zero attached hydrogens (tertiary/aromatic N) is 6. The second-order valence-electron chi connectivity index (χ2n) is 11.3. The van der Waals surface area contributed by atoms with E-state index >= 15 is 0 Å². The zero-order chi connectivity index (χ0) is 21.4. The summed E-state index contributed by atoms with van der Waals surface area (Å²) in [4.78, 5) is 15.1. The van der Waals surface area contributed by atoms with Crippen LogP contribution in [0.5, 0.6) is 0 Å². The van der Waals surface area contributed by atoms with E-state index in [1.165, 1.54) is 0 Å². The van der Waals surface area contributed by atoms with E-state index in [1.807, 2.05) is 18.2 Å². The summed E-state index contributed by atoms with van der Waals surface area (Å²) in [5.74, 6) is 0. The highest BCUT2D eigenvalue weighted by atomic mass is 31.2. The Kier molecular flexibility index (Phi) is 4.68. The molecule has 8 bridgehead atoms. The SMILES string of the molecule is O=P(CNC12CN3CN(CN(C3)C1)C2)(CNC12CN3CN(CN(C3)C1)C2)c1ccccc1. The molecule has 2 N–H and O–H groups in total. The molecule has 0 aliphatic carbocycles. The van der Waals surface area contributed by atoms with E-state index in [1.54, 1.807) is 0 Å². The van der Waals surface area contributed by atoms with E-state index in [9.17, 15) is 4.57 Å². The van der Waals surface area contributed by atoms with Gasteiger partial charge in [-0.25, -0.2) is 0 Å². The maximum absolute atomic E-state index is 14.6. The fourth-order valence-corrected chi connectivity index (χ4v) is 9.67. The molecular weight excluding hydrogens is 423 g/mol. The Morgan fingerprint density at radius 3 is 1.31 bits per heavy atom. The molecule has 0 radical (unpaired) electrons. The molecule has 1 aromatic carbocycles. The van der Waals surface area contributed by atoms with E-state index in [4.69, 9.17) is 0 Å². The summed E-state index contributed by atoms with van der Waals surface area (Å²) in [5.41, 5.74) is 0.0615. The summed E-state index contributed by atoms with van der Waals surface area (Å²) in [6.07, 6.45) is 1.12. The van der Waals surface area contributed by atoms with Crippen molar-refractivity contribution in [3.63, 3.8) is 0 Å². The van der Waals surface area contributed by atoms with Crippen LogP contribution in [0.25, 0.3) is 0 Å². The van der Waals surface area contributed by atoms with Crippen molar-refractivity contribution in [3.05, 3.63) is 30.3 Å². The molecule has 0 unspecified atom stereocenters. The van der Waals surface area contributed by atoms with E-state index < -0.39 is 7.14 Å². The van der Waals surface area contributed by atoms with Gasteiger partial charge in [0.05, 0.1) is 63.7 Å². The Morgan fingerprint density at radius 2 is 0.969 bits per heavy atom.